The minimum Gasteiger partial charge on any atom is -0.478 e. The zero-order valence-corrected chi connectivity index (χ0v) is 7.30. The van der Waals surface area contributed by atoms with Crippen LogP contribution in [-0.4, -0.2) is 28.3 Å². The molecule has 0 radical (unpaired) electrons. The topological polar surface area (TPSA) is 40.5 Å². The highest BCUT2D eigenvalue weighted by Crippen LogP contribution is 2.34. The summed E-state index contributed by atoms with van der Waals surface area (Å²) in [5, 5.41) is 9.79. The van der Waals surface area contributed by atoms with Crippen molar-refractivity contribution in [2.24, 2.45) is 0 Å². The summed E-state index contributed by atoms with van der Waals surface area (Å²) in [6.07, 6.45) is 4.44. The fraction of sp³-hybridized carbons (Fsp3) is 0.375. The number of rotatable bonds is 1. The average molecular weight is 183 g/mol. The van der Waals surface area contributed by atoms with Crippen molar-refractivity contribution in [1.82, 2.24) is 4.90 Å². The van der Waals surface area contributed by atoms with Crippen molar-refractivity contribution >= 4 is 17.7 Å². The van der Waals surface area contributed by atoms with Gasteiger partial charge >= 0.3 is 5.97 Å². The maximum atomic E-state index is 10.8. The molecule has 0 spiro atoms. The number of hydrogen-bond acceptors (Lipinski definition) is 3. The summed E-state index contributed by atoms with van der Waals surface area (Å²) in [4.78, 5) is 12.8. The van der Waals surface area contributed by atoms with Crippen molar-refractivity contribution in [3.63, 3.8) is 0 Å². The molecule has 0 aromatic carbocycles. The predicted molar refractivity (Wildman–Crippen MR) is 47.6 cm³/mol. The Bertz CT molecular complexity index is 283. The van der Waals surface area contributed by atoms with Crippen LogP contribution in [0.2, 0.25) is 0 Å². The van der Waals surface area contributed by atoms with Crippen LogP contribution < -0.4 is 0 Å². The van der Waals surface area contributed by atoms with E-state index in [-0.39, 0.29) is 0 Å². The number of carboxylic acids is 1. The van der Waals surface area contributed by atoms with Gasteiger partial charge in [0.05, 0.1) is 10.6 Å². The molecule has 64 valence electrons. The van der Waals surface area contributed by atoms with Gasteiger partial charge < -0.3 is 10.0 Å². The molecular weight excluding hydrogens is 174 g/mol. The second-order valence-corrected chi connectivity index (χ2v) is 3.80. The van der Waals surface area contributed by atoms with Gasteiger partial charge in [-0.05, 0) is 0 Å². The number of aliphatic carboxylic acids is 1. The predicted octanol–water partition coefficient (Wildman–Crippen LogP) is 1.25. The van der Waals surface area contributed by atoms with Crippen molar-refractivity contribution in [1.29, 1.82) is 0 Å². The molecule has 0 saturated carbocycles. The molecule has 2 rings (SSSR count). The Balaban J connectivity index is 2.35. The Morgan fingerprint density at radius 1 is 1.67 bits per heavy atom. The van der Waals surface area contributed by atoms with Crippen LogP contribution in [0.1, 0.15) is 6.42 Å². The Morgan fingerprint density at radius 2 is 2.50 bits per heavy atom. The van der Waals surface area contributed by atoms with E-state index in [0.717, 1.165) is 17.3 Å². The molecule has 12 heavy (non-hydrogen) atoms. The quantitative estimate of drug-likeness (QED) is 0.664. The molecule has 2 aliphatic heterocycles. The third kappa shape index (κ3) is 1.12. The van der Waals surface area contributed by atoms with Crippen LogP contribution in [0, 0.1) is 0 Å². The normalized spacial score (nSPS) is 21.5. The third-order valence-electron chi connectivity index (χ3n) is 1.96. The van der Waals surface area contributed by atoms with Crippen LogP contribution in [0.25, 0.3) is 0 Å². The first-order valence-electron chi connectivity index (χ1n) is 3.81. The van der Waals surface area contributed by atoms with Crippen molar-refractivity contribution in [3.8, 4) is 0 Å². The molecule has 1 fully saturated rings. The zero-order valence-electron chi connectivity index (χ0n) is 6.49. The number of hydrogen-bond donors (Lipinski definition) is 1. The van der Waals surface area contributed by atoms with E-state index in [2.05, 4.69) is 0 Å². The van der Waals surface area contributed by atoms with Gasteiger partial charge in [-0.2, -0.15) is 0 Å². The number of allylic oxidation sites excluding steroid dienone is 1. The maximum Gasteiger partial charge on any atom is 0.334 e. The van der Waals surface area contributed by atoms with Crippen molar-refractivity contribution in [2.75, 3.05) is 12.3 Å². The van der Waals surface area contributed by atoms with Crippen LogP contribution in [0.5, 0.6) is 0 Å². The van der Waals surface area contributed by atoms with E-state index in [4.69, 9.17) is 5.11 Å². The summed E-state index contributed by atoms with van der Waals surface area (Å²) in [5.74, 6) is 0.213. The Kier molecular flexibility index (Phi) is 1.84. The second kappa shape index (κ2) is 2.86. The van der Waals surface area contributed by atoms with E-state index < -0.39 is 5.97 Å². The highest BCUT2D eigenvalue weighted by atomic mass is 32.2. The summed E-state index contributed by atoms with van der Waals surface area (Å²) in [6.45, 7) is 0.938. The van der Waals surface area contributed by atoms with Crippen molar-refractivity contribution < 1.29 is 9.90 Å². The van der Waals surface area contributed by atoms with Crippen LogP contribution in [-0.2, 0) is 4.79 Å². The molecule has 1 saturated heterocycles. The highest BCUT2D eigenvalue weighted by molar-refractivity contribution is 8.03. The fourth-order valence-corrected chi connectivity index (χ4v) is 2.54. The van der Waals surface area contributed by atoms with E-state index in [1.807, 2.05) is 17.2 Å². The van der Waals surface area contributed by atoms with Gasteiger partial charge in [-0.25, -0.2) is 4.79 Å². The summed E-state index contributed by atoms with van der Waals surface area (Å²) in [5.41, 5.74) is 0.542. The molecule has 0 atom stereocenters. The van der Waals surface area contributed by atoms with Gasteiger partial charge in [0, 0.05) is 24.9 Å². The molecule has 0 unspecified atom stereocenters. The van der Waals surface area contributed by atoms with Gasteiger partial charge in [0.2, 0.25) is 0 Å². The average Bonchev–Trinajstić information content (AvgIpc) is 2.49. The molecule has 4 heteroatoms. The number of thioether (sulfide) groups is 1. The lowest BCUT2D eigenvalue weighted by Crippen LogP contribution is -2.17. The molecule has 3 nitrogen and oxygen atoms in total. The van der Waals surface area contributed by atoms with Gasteiger partial charge in [-0.3, -0.25) is 0 Å². The number of fused-ring (bicyclic) bond motifs is 1. The van der Waals surface area contributed by atoms with Crippen molar-refractivity contribution in [2.45, 2.75) is 6.42 Å². The standard InChI is InChI=1S/C8H9NO2S/c10-8(11)6-2-1-3-9-4-5-12-7(6)9/h1,3H,2,4-5H2,(H,10,11). The third-order valence-corrected chi connectivity index (χ3v) is 3.10. The first-order chi connectivity index (χ1) is 5.79. The molecule has 0 aromatic rings. The number of carboxylic acid groups (broad SMARTS) is 1. The number of carbonyl (C=O) groups is 1. The summed E-state index contributed by atoms with van der Waals surface area (Å²) in [7, 11) is 0. The van der Waals surface area contributed by atoms with Crippen LogP contribution in [0.3, 0.4) is 0 Å². The monoisotopic (exact) mass is 183 g/mol. The van der Waals surface area contributed by atoms with Crippen LogP contribution in [0.4, 0.5) is 0 Å². The SMILES string of the molecule is O=C(O)C1=C2SCCN2C=CC1. The summed E-state index contributed by atoms with van der Waals surface area (Å²) in [6, 6.07) is 0. The van der Waals surface area contributed by atoms with E-state index in [9.17, 15) is 4.79 Å². The lowest BCUT2D eigenvalue weighted by molar-refractivity contribution is -0.132. The van der Waals surface area contributed by atoms with Gasteiger partial charge in [0.15, 0.2) is 0 Å². The molecule has 0 amide bonds. The highest BCUT2D eigenvalue weighted by Gasteiger charge is 2.25. The Hall–Kier alpha value is -0.900. The molecule has 0 bridgehead atoms. The van der Waals surface area contributed by atoms with Crippen LogP contribution in [0.15, 0.2) is 22.9 Å². The first-order valence-corrected chi connectivity index (χ1v) is 4.80. The van der Waals surface area contributed by atoms with Gasteiger partial charge in [-0.1, -0.05) is 6.08 Å². The maximum absolute atomic E-state index is 10.8. The largest absolute Gasteiger partial charge is 0.478 e. The minimum absolute atomic E-state index is 0.542. The molecular formula is C8H9NO2S. The molecule has 1 N–H and O–H groups in total. The van der Waals surface area contributed by atoms with E-state index >= 15 is 0 Å². The summed E-state index contributed by atoms with van der Waals surface area (Å²) >= 11 is 1.64. The first kappa shape index (κ1) is 7.73. The lowest BCUT2D eigenvalue weighted by Gasteiger charge is -2.19. The summed E-state index contributed by atoms with van der Waals surface area (Å²) < 4.78 is 0. The molecule has 0 aromatic heterocycles. The van der Waals surface area contributed by atoms with Gasteiger partial charge in [0.1, 0.15) is 0 Å². The minimum atomic E-state index is -0.784. The van der Waals surface area contributed by atoms with Crippen molar-refractivity contribution in [3.05, 3.63) is 22.9 Å². The lowest BCUT2D eigenvalue weighted by atomic mass is 10.1. The second-order valence-electron chi connectivity index (χ2n) is 2.72. The number of nitrogens with zero attached hydrogens (tertiary/aromatic N) is 1. The smallest absolute Gasteiger partial charge is 0.334 e. The van der Waals surface area contributed by atoms with E-state index in [1.165, 1.54) is 0 Å². The van der Waals surface area contributed by atoms with Gasteiger partial charge in [-0.15, -0.1) is 11.8 Å². The van der Waals surface area contributed by atoms with E-state index in [0.29, 0.717) is 12.0 Å². The zero-order chi connectivity index (χ0) is 8.55. The Labute approximate surface area is 74.7 Å². The van der Waals surface area contributed by atoms with Crippen LogP contribution >= 0.6 is 11.8 Å². The molecule has 2 aliphatic rings. The van der Waals surface area contributed by atoms with E-state index in [1.54, 1.807) is 11.8 Å². The van der Waals surface area contributed by atoms with Gasteiger partial charge in [0.25, 0.3) is 0 Å². The molecule has 0 aliphatic carbocycles. The Morgan fingerprint density at radius 3 is 3.25 bits per heavy atom. The molecule has 2 heterocycles. The fourth-order valence-electron chi connectivity index (χ4n) is 1.39.